The molecule has 3 N–H and O–H groups in total. The molecule has 1 aromatic carbocycles. The molecule has 0 bridgehead atoms. The quantitative estimate of drug-likeness (QED) is 0.468. The topological polar surface area (TPSA) is 50.4 Å². The van der Waals surface area contributed by atoms with Gasteiger partial charge in [0.2, 0.25) is 0 Å². The number of benzene rings is 1. The van der Waals surface area contributed by atoms with Crippen LogP contribution in [0.5, 0.6) is 0 Å². The molecule has 0 amide bonds. The van der Waals surface area contributed by atoms with Crippen molar-refractivity contribution in [2.45, 2.75) is 20.3 Å². The summed E-state index contributed by atoms with van der Waals surface area (Å²) in [5.74, 6) is 1.05. The van der Waals surface area contributed by atoms with Gasteiger partial charge in [-0.2, -0.15) is 0 Å². The van der Waals surface area contributed by atoms with Gasteiger partial charge < -0.3 is 11.1 Å². The Bertz CT molecular complexity index is 363. The zero-order valence-corrected chi connectivity index (χ0v) is 13.9. The maximum atomic E-state index is 5.81. The number of nitrogens with two attached hydrogens (primary N) is 1. The molecule has 0 fully saturated rings. The molecule has 0 aromatic heterocycles. The number of rotatable bonds is 5. The fraction of sp³-hybridized carbons (Fsp3) is 0.462. The zero-order valence-electron chi connectivity index (χ0n) is 10.8. The average Bonchev–Trinajstić information content (AvgIpc) is 2.29. The molecule has 18 heavy (non-hydrogen) atoms. The van der Waals surface area contributed by atoms with E-state index in [4.69, 9.17) is 17.3 Å². The minimum absolute atomic E-state index is 0. The Hall–Kier alpha value is -0.490. The predicted octanol–water partition coefficient (Wildman–Crippen LogP) is 3.06. The summed E-state index contributed by atoms with van der Waals surface area (Å²) in [6.07, 6.45) is 0.912. The first-order valence-electron chi connectivity index (χ1n) is 5.86. The van der Waals surface area contributed by atoms with Crippen molar-refractivity contribution >= 4 is 41.5 Å². The Balaban J connectivity index is 0.00000289. The summed E-state index contributed by atoms with van der Waals surface area (Å²) >= 11 is 5.81. The van der Waals surface area contributed by atoms with Gasteiger partial charge in [-0.15, -0.1) is 24.0 Å². The van der Waals surface area contributed by atoms with Crippen LogP contribution in [0.3, 0.4) is 0 Å². The van der Waals surface area contributed by atoms with E-state index < -0.39 is 0 Å². The summed E-state index contributed by atoms with van der Waals surface area (Å²) in [6, 6.07) is 7.83. The number of nitrogens with one attached hydrogen (secondary N) is 1. The molecule has 0 spiro atoms. The second-order valence-corrected chi connectivity index (χ2v) is 4.86. The summed E-state index contributed by atoms with van der Waals surface area (Å²) in [4.78, 5) is 4.23. The highest BCUT2D eigenvalue weighted by molar-refractivity contribution is 14.0. The molecule has 0 atom stereocenters. The van der Waals surface area contributed by atoms with Gasteiger partial charge in [0, 0.05) is 18.1 Å². The molecule has 102 valence electrons. The van der Waals surface area contributed by atoms with Crippen LogP contribution in [-0.2, 0) is 6.42 Å². The van der Waals surface area contributed by atoms with Gasteiger partial charge in [-0.1, -0.05) is 37.6 Å². The number of guanidine groups is 1. The lowest BCUT2D eigenvalue weighted by Crippen LogP contribution is -2.33. The number of nitrogens with zero attached hydrogens (tertiary/aromatic N) is 1. The summed E-state index contributed by atoms with van der Waals surface area (Å²) < 4.78 is 0. The molecule has 1 aromatic rings. The van der Waals surface area contributed by atoms with Crippen LogP contribution in [0.15, 0.2) is 29.3 Å². The van der Waals surface area contributed by atoms with Crippen LogP contribution in [0.1, 0.15) is 19.4 Å². The van der Waals surface area contributed by atoms with E-state index in [2.05, 4.69) is 24.2 Å². The lowest BCUT2D eigenvalue weighted by atomic mass is 10.1. The van der Waals surface area contributed by atoms with Crippen LogP contribution >= 0.6 is 35.6 Å². The van der Waals surface area contributed by atoms with Crippen molar-refractivity contribution in [3.8, 4) is 0 Å². The maximum Gasteiger partial charge on any atom is 0.188 e. The normalized spacial score (nSPS) is 11.2. The van der Waals surface area contributed by atoms with Crippen molar-refractivity contribution in [1.29, 1.82) is 0 Å². The lowest BCUT2D eigenvalue weighted by Gasteiger charge is -2.06. The Morgan fingerprint density at radius 1 is 1.33 bits per heavy atom. The molecule has 3 nitrogen and oxygen atoms in total. The third kappa shape index (κ3) is 7.76. The van der Waals surface area contributed by atoms with Gasteiger partial charge >= 0.3 is 0 Å². The molecule has 0 aliphatic heterocycles. The van der Waals surface area contributed by atoms with E-state index in [0.29, 0.717) is 11.9 Å². The standard InChI is InChI=1S/C13H20ClN3.HI/c1-10(2)9-17-13(15)16-8-7-11-3-5-12(14)6-4-11;/h3-6,10H,7-9H2,1-2H3,(H3,15,16,17);1H. The predicted molar refractivity (Wildman–Crippen MR) is 89.9 cm³/mol. The van der Waals surface area contributed by atoms with E-state index in [1.165, 1.54) is 5.56 Å². The molecule has 0 unspecified atom stereocenters. The molecule has 0 heterocycles. The van der Waals surface area contributed by atoms with Crippen molar-refractivity contribution in [2.75, 3.05) is 13.1 Å². The maximum absolute atomic E-state index is 5.81. The minimum Gasteiger partial charge on any atom is -0.370 e. The molecule has 0 saturated heterocycles. The number of hydrogen-bond acceptors (Lipinski definition) is 1. The minimum atomic E-state index is 0. The summed E-state index contributed by atoms with van der Waals surface area (Å²) in [6.45, 7) is 5.78. The summed E-state index contributed by atoms with van der Waals surface area (Å²) in [7, 11) is 0. The highest BCUT2D eigenvalue weighted by Crippen LogP contribution is 2.09. The summed E-state index contributed by atoms with van der Waals surface area (Å²) in [5, 5.41) is 3.86. The van der Waals surface area contributed by atoms with E-state index in [0.717, 1.165) is 24.5 Å². The average molecular weight is 382 g/mol. The SMILES string of the molecule is CC(C)CN=C(N)NCCc1ccc(Cl)cc1.I. The Morgan fingerprint density at radius 2 is 1.94 bits per heavy atom. The Morgan fingerprint density at radius 3 is 2.50 bits per heavy atom. The monoisotopic (exact) mass is 381 g/mol. The first kappa shape index (κ1) is 17.5. The Labute approximate surface area is 131 Å². The fourth-order valence-corrected chi connectivity index (χ4v) is 1.45. The van der Waals surface area contributed by atoms with E-state index in [9.17, 15) is 0 Å². The molecular formula is C13H21ClIN3. The van der Waals surface area contributed by atoms with Crippen LogP contribution in [0.25, 0.3) is 0 Å². The molecular weight excluding hydrogens is 361 g/mol. The van der Waals surface area contributed by atoms with Crippen molar-refractivity contribution in [3.63, 3.8) is 0 Å². The first-order valence-corrected chi connectivity index (χ1v) is 6.24. The van der Waals surface area contributed by atoms with Crippen LogP contribution in [-0.4, -0.2) is 19.0 Å². The van der Waals surface area contributed by atoms with Gasteiger partial charge in [-0.25, -0.2) is 0 Å². The zero-order chi connectivity index (χ0) is 12.7. The van der Waals surface area contributed by atoms with Crippen molar-refractivity contribution in [1.82, 2.24) is 5.32 Å². The number of halogens is 2. The van der Waals surface area contributed by atoms with Gasteiger partial charge in [0.25, 0.3) is 0 Å². The van der Waals surface area contributed by atoms with E-state index >= 15 is 0 Å². The molecule has 0 aliphatic rings. The number of aliphatic imine (C=N–C) groups is 1. The summed E-state index contributed by atoms with van der Waals surface area (Å²) in [5.41, 5.74) is 6.96. The van der Waals surface area contributed by atoms with E-state index in [1.807, 2.05) is 24.3 Å². The van der Waals surface area contributed by atoms with Gasteiger partial charge in [0.15, 0.2) is 5.96 Å². The smallest absolute Gasteiger partial charge is 0.188 e. The largest absolute Gasteiger partial charge is 0.370 e. The van der Waals surface area contributed by atoms with Gasteiger partial charge in [0.05, 0.1) is 0 Å². The third-order valence-corrected chi connectivity index (χ3v) is 2.51. The van der Waals surface area contributed by atoms with Crippen molar-refractivity contribution < 1.29 is 0 Å². The highest BCUT2D eigenvalue weighted by atomic mass is 127. The second kappa shape index (κ2) is 9.44. The van der Waals surface area contributed by atoms with Crippen LogP contribution in [0.4, 0.5) is 0 Å². The first-order chi connectivity index (χ1) is 8.08. The van der Waals surface area contributed by atoms with Crippen LogP contribution in [0, 0.1) is 5.92 Å². The van der Waals surface area contributed by atoms with Gasteiger partial charge in [0.1, 0.15) is 0 Å². The lowest BCUT2D eigenvalue weighted by molar-refractivity contribution is 0.661. The number of hydrogen-bond donors (Lipinski definition) is 2. The van der Waals surface area contributed by atoms with Crippen LogP contribution in [0.2, 0.25) is 5.02 Å². The third-order valence-electron chi connectivity index (χ3n) is 2.26. The second-order valence-electron chi connectivity index (χ2n) is 4.42. The van der Waals surface area contributed by atoms with E-state index in [1.54, 1.807) is 0 Å². The van der Waals surface area contributed by atoms with Crippen molar-refractivity contribution in [2.24, 2.45) is 16.6 Å². The molecule has 5 heteroatoms. The molecule has 0 aliphatic carbocycles. The Kier molecular flexibility index (Phi) is 9.18. The molecule has 0 radical (unpaired) electrons. The fourth-order valence-electron chi connectivity index (χ4n) is 1.32. The molecule has 0 saturated carbocycles. The van der Waals surface area contributed by atoms with Crippen molar-refractivity contribution in [3.05, 3.63) is 34.9 Å². The van der Waals surface area contributed by atoms with E-state index in [-0.39, 0.29) is 24.0 Å². The molecule has 1 rings (SSSR count). The van der Waals surface area contributed by atoms with Gasteiger partial charge in [-0.3, -0.25) is 4.99 Å². The highest BCUT2D eigenvalue weighted by Gasteiger charge is 1.96. The van der Waals surface area contributed by atoms with Crippen LogP contribution < -0.4 is 11.1 Å². The van der Waals surface area contributed by atoms with Gasteiger partial charge in [-0.05, 0) is 30.0 Å².